The molecule has 27 heavy (non-hydrogen) atoms. The molecular weight excluding hydrogens is 387 g/mol. The lowest BCUT2D eigenvalue weighted by molar-refractivity contribution is 0.102. The van der Waals surface area contributed by atoms with Gasteiger partial charge in [0.05, 0.1) is 16.1 Å². The highest BCUT2D eigenvalue weighted by Gasteiger charge is 2.22. The number of rotatable bonds is 5. The van der Waals surface area contributed by atoms with Crippen LogP contribution in [0.3, 0.4) is 0 Å². The number of benzene rings is 2. The molecule has 0 unspecified atom stereocenters. The molecule has 3 aromatic rings. The fraction of sp³-hybridized carbons (Fsp3) is 0.105. The van der Waals surface area contributed by atoms with Crippen LogP contribution in [0.1, 0.15) is 20.8 Å². The largest absolute Gasteiger partial charge is 0.322 e. The molecule has 5 nitrogen and oxygen atoms in total. The van der Waals surface area contributed by atoms with Crippen LogP contribution in [-0.2, 0) is 10.0 Å². The molecule has 0 aliphatic carbocycles. The van der Waals surface area contributed by atoms with Gasteiger partial charge in [0.2, 0.25) is 0 Å². The zero-order valence-corrected chi connectivity index (χ0v) is 16.2. The lowest BCUT2D eigenvalue weighted by Crippen LogP contribution is -2.18. The van der Waals surface area contributed by atoms with Crippen LogP contribution in [-0.4, -0.2) is 14.3 Å². The molecule has 8 heteroatoms. The highest BCUT2D eigenvalue weighted by Crippen LogP contribution is 2.29. The Balaban J connectivity index is 1.86. The Morgan fingerprint density at radius 3 is 2.26 bits per heavy atom. The average molecular weight is 404 g/mol. The van der Waals surface area contributed by atoms with Gasteiger partial charge in [0.25, 0.3) is 15.9 Å². The molecule has 2 aromatic carbocycles. The smallest absolute Gasteiger partial charge is 0.261 e. The number of carbonyl (C=O) groups is 1. The number of thiophene rings is 1. The first-order valence-electron chi connectivity index (χ1n) is 8.01. The molecule has 0 bridgehead atoms. The van der Waals surface area contributed by atoms with Crippen molar-refractivity contribution in [2.24, 2.45) is 0 Å². The number of sulfonamides is 1. The zero-order chi connectivity index (χ0) is 19.6. The van der Waals surface area contributed by atoms with E-state index < -0.39 is 21.7 Å². The van der Waals surface area contributed by atoms with E-state index in [1.54, 1.807) is 24.4 Å². The number of nitrogens with one attached hydrogen (secondary N) is 2. The van der Waals surface area contributed by atoms with Gasteiger partial charge in [-0.25, -0.2) is 12.8 Å². The Morgan fingerprint density at radius 2 is 1.63 bits per heavy atom. The van der Waals surface area contributed by atoms with Crippen molar-refractivity contribution in [3.05, 3.63) is 75.7 Å². The molecule has 1 aromatic heterocycles. The fourth-order valence-corrected chi connectivity index (χ4v) is 4.39. The van der Waals surface area contributed by atoms with Gasteiger partial charge in [0, 0.05) is 15.9 Å². The van der Waals surface area contributed by atoms with E-state index in [1.807, 2.05) is 6.92 Å². The summed E-state index contributed by atoms with van der Waals surface area (Å²) in [5, 5.41) is 4.24. The van der Waals surface area contributed by atoms with E-state index in [1.165, 1.54) is 47.7 Å². The highest BCUT2D eigenvalue weighted by atomic mass is 32.2. The first kappa shape index (κ1) is 19.1. The molecule has 0 saturated carbocycles. The summed E-state index contributed by atoms with van der Waals surface area (Å²) in [6.45, 7) is 3.60. The van der Waals surface area contributed by atoms with E-state index >= 15 is 0 Å². The van der Waals surface area contributed by atoms with E-state index in [0.717, 1.165) is 5.56 Å². The molecule has 0 aliphatic heterocycles. The van der Waals surface area contributed by atoms with Gasteiger partial charge in [0.15, 0.2) is 0 Å². The van der Waals surface area contributed by atoms with Crippen LogP contribution in [0, 0.1) is 19.7 Å². The first-order valence-corrected chi connectivity index (χ1v) is 10.4. The minimum absolute atomic E-state index is 0.113. The van der Waals surface area contributed by atoms with Gasteiger partial charge in [-0.2, -0.15) is 0 Å². The monoisotopic (exact) mass is 404 g/mol. The van der Waals surface area contributed by atoms with Crippen LogP contribution in [0.2, 0.25) is 0 Å². The molecule has 0 fully saturated rings. The Hall–Kier alpha value is -2.71. The molecule has 140 valence electrons. The van der Waals surface area contributed by atoms with Gasteiger partial charge in [-0.1, -0.05) is 17.7 Å². The first-order chi connectivity index (χ1) is 12.8. The van der Waals surface area contributed by atoms with E-state index in [-0.39, 0.29) is 16.1 Å². The third-order valence-electron chi connectivity index (χ3n) is 3.88. The van der Waals surface area contributed by atoms with Crippen LogP contribution < -0.4 is 10.0 Å². The van der Waals surface area contributed by atoms with Gasteiger partial charge in [-0.3, -0.25) is 9.52 Å². The summed E-state index contributed by atoms with van der Waals surface area (Å²) in [7, 11) is -3.82. The van der Waals surface area contributed by atoms with Crippen molar-refractivity contribution < 1.29 is 17.6 Å². The number of hydrogen-bond donors (Lipinski definition) is 2. The molecular formula is C19H17FN2O3S2. The van der Waals surface area contributed by atoms with E-state index in [2.05, 4.69) is 10.0 Å². The normalized spacial score (nSPS) is 11.2. The van der Waals surface area contributed by atoms with Crippen LogP contribution in [0.15, 0.2) is 58.8 Å². The lowest BCUT2D eigenvalue weighted by Gasteiger charge is -2.11. The molecule has 2 N–H and O–H groups in total. The van der Waals surface area contributed by atoms with Crippen molar-refractivity contribution in [1.82, 2.24) is 0 Å². The molecule has 0 spiro atoms. The number of carbonyl (C=O) groups excluding carboxylic acids is 1. The highest BCUT2D eigenvalue weighted by molar-refractivity contribution is 7.92. The number of amides is 1. The van der Waals surface area contributed by atoms with Gasteiger partial charge >= 0.3 is 0 Å². The standard InChI is InChI=1S/C19H17FN2O3S2/c1-12-3-9-16(10-4-12)27(24,25)22-17-11-26-13(2)18(17)19(23)21-15-7-5-14(20)6-8-15/h3-11,22H,1-2H3,(H,21,23). The summed E-state index contributed by atoms with van der Waals surface area (Å²) in [5.74, 6) is -0.881. The van der Waals surface area contributed by atoms with Gasteiger partial charge in [0.1, 0.15) is 5.82 Å². The average Bonchev–Trinajstić information content (AvgIpc) is 2.97. The maximum absolute atomic E-state index is 13.0. The Labute approximate surface area is 160 Å². The molecule has 1 heterocycles. The van der Waals surface area contributed by atoms with Crippen LogP contribution >= 0.6 is 11.3 Å². The van der Waals surface area contributed by atoms with Crippen LogP contribution in [0.25, 0.3) is 0 Å². The maximum Gasteiger partial charge on any atom is 0.261 e. The lowest BCUT2D eigenvalue weighted by atomic mass is 10.2. The topological polar surface area (TPSA) is 75.3 Å². The SMILES string of the molecule is Cc1ccc(S(=O)(=O)Nc2csc(C)c2C(=O)Nc2ccc(F)cc2)cc1. The summed E-state index contributed by atoms with van der Waals surface area (Å²) < 4.78 is 40.7. The van der Waals surface area contributed by atoms with Crippen LogP contribution in [0.4, 0.5) is 15.8 Å². The number of aryl methyl sites for hydroxylation is 2. The third-order valence-corrected chi connectivity index (χ3v) is 6.17. The Bertz CT molecular complexity index is 1070. The maximum atomic E-state index is 13.0. The number of hydrogen-bond acceptors (Lipinski definition) is 4. The van der Waals surface area contributed by atoms with Crippen molar-refractivity contribution in [2.45, 2.75) is 18.7 Å². The summed E-state index contributed by atoms with van der Waals surface area (Å²) >= 11 is 1.26. The van der Waals surface area contributed by atoms with Crippen molar-refractivity contribution in [1.29, 1.82) is 0 Å². The molecule has 0 atom stereocenters. The molecule has 0 aliphatic rings. The zero-order valence-electron chi connectivity index (χ0n) is 14.6. The summed E-state index contributed by atoms with van der Waals surface area (Å²) in [5.41, 5.74) is 1.80. The number of halogens is 1. The van der Waals surface area contributed by atoms with Crippen molar-refractivity contribution >= 4 is 38.6 Å². The summed E-state index contributed by atoms with van der Waals surface area (Å²) in [6.07, 6.45) is 0. The molecule has 0 saturated heterocycles. The second kappa shape index (κ2) is 7.50. The van der Waals surface area contributed by atoms with E-state index in [9.17, 15) is 17.6 Å². The minimum atomic E-state index is -3.82. The number of anilines is 2. The Morgan fingerprint density at radius 1 is 1.00 bits per heavy atom. The minimum Gasteiger partial charge on any atom is -0.322 e. The molecule has 0 radical (unpaired) electrons. The quantitative estimate of drug-likeness (QED) is 0.655. The van der Waals surface area contributed by atoms with Crippen molar-refractivity contribution in [3.63, 3.8) is 0 Å². The van der Waals surface area contributed by atoms with E-state index in [4.69, 9.17) is 0 Å². The van der Waals surface area contributed by atoms with E-state index in [0.29, 0.717) is 10.6 Å². The summed E-state index contributed by atoms with van der Waals surface area (Å²) in [6, 6.07) is 11.8. The van der Waals surface area contributed by atoms with Crippen molar-refractivity contribution in [2.75, 3.05) is 10.0 Å². The second-order valence-corrected chi connectivity index (χ2v) is 8.73. The summed E-state index contributed by atoms with van der Waals surface area (Å²) in [4.78, 5) is 13.4. The van der Waals surface area contributed by atoms with Gasteiger partial charge in [-0.05, 0) is 50.2 Å². The van der Waals surface area contributed by atoms with Gasteiger partial charge < -0.3 is 5.32 Å². The predicted octanol–water partition coefficient (Wildman–Crippen LogP) is 4.56. The van der Waals surface area contributed by atoms with Gasteiger partial charge in [-0.15, -0.1) is 11.3 Å². The van der Waals surface area contributed by atoms with Crippen molar-refractivity contribution in [3.8, 4) is 0 Å². The molecule has 1 amide bonds. The second-order valence-electron chi connectivity index (χ2n) is 5.96. The van der Waals surface area contributed by atoms with Crippen LogP contribution in [0.5, 0.6) is 0 Å². The Kier molecular flexibility index (Phi) is 5.29. The third kappa shape index (κ3) is 4.35. The predicted molar refractivity (Wildman–Crippen MR) is 105 cm³/mol. The molecule has 3 rings (SSSR count). The fourth-order valence-electron chi connectivity index (χ4n) is 2.46.